The van der Waals surface area contributed by atoms with Crippen molar-refractivity contribution in [1.29, 1.82) is 0 Å². The van der Waals surface area contributed by atoms with E-state index in [9.17, 15) is 5.11 Å². The number of benzene rings is 1. The van der Waals surface area contributed by atoms with E-state index in [2.05, 4.69) is 17.1 Å². The fourth-order valence-corrected chi connectivity index (χ4v) is 3.11. The molecule has 0 saturated carbocycles. The Labute approximate surface area is 126 Å². The van der Waals surface area contributed by atoms with Crippen molar-refractivity contribution in [3.05, 3.63) is 28.8 Å². The molecule has 1 unspecified atom stereocenters. The molecule has 0 radical (unpaired) electrons. The van der Waals surface area contributed by atoms with Crippen molar-refractivity contribution in [2.75, 3.05) is 26.2 Å². The highest BCUT2D eigenvalue weighted by Crippen LogP contribution is 2.24. The van der Waals surface area contributed by atoms with Crippen LogP contribution in [0.4, 0.5) is 0 Å². The van der Waals surface area contributed by atoms with Crippen molar-refractivity contribution >= 4 is 11.6 Å². The molecule has 2 rings (SSSR count). The smallest absolute Gasteiger partial charge is 0.120 e. The fourth-order valence-electron chi connectivity index (χ4n) is 2.92. The Morgan fingerprint density at radius 1 is 1.45 bits per heavy atom. The summed E-state index contributed by atoms with van der Waals surface area (Å²) in [5.41, 5.74) is 0.926. The van der Waals surface area contributed by atoms with Crippen molar-refractivity contribution in [2.24, 2.45) is 5.92 Å². The van der Waals surface area contributed by atoms with Crippen molar-refractivity contribution in [3.8, 4) is 5.75 Å². The first-order valence-corrected chi connectivity index (χ1v) is 7.97. The van der Waals surface area contributed by atoms with E-state index in [4.69, 9.17) is 11.6 Å². The van der Waals surface area contributed by atoms with Crippen LogP contribution < -0.4 is 5.32 Å². The number of rotatable bonds is 6. The molecule has 1 aromatic rings. The van der Waals surface area contributed by atoms with Gasteiger partial charge in [-0.1, -0.05) is 18.5 Å². The first-order valence-electron chi connectivity index (χ1n) is 7.59. The normalized spacial score (nSPS) is 19.4. The van der Waals surface area contributed by atoms with Crippen LogP contribution in [0.25, 0.3) is 0 Å². The van der Waals surface area contributed by atoms with Crippen molar-refractivity contribution < 1.29 is 5.11 Å². The second-order valence-corrected chi connectivity index (χ2v) is 6.16. The largest absolute Gasteiger partial charge is 0.508 e. The average Bonchev–Trinajstić information content (AvgIpc) is 2.44. The molecule has 0 spiro atoms. The number of hydrogen-bond acceptors (Lipinski definition) is 3. The molecule has 1 heterocycles. The lowest BCUT2D eigenvalue weighted by Crippen LogP contribution is -2.38. The summed E-state index contributed by atoms with van der Waals surface area (Å²) in [7, 11) is 0. The summed E-state index contributed by atoms with van der Waals surface area (Å²) < 4.78 is 0. The second-order valence-electron chi connectivity index (χ2n) is 5.72. The van der Waals surface area contributed by atoms with E-state index in [1.54, 1.807) is 12.1 Å². The Morgan fingerprint density at radius 2 is 2.30 bits per heavy atom. The van der Waals surface area contributed by atoms with Gasteiger partial charge in [-0.15, -0.1) is 0 Å². The Bertz CT molecular complexity index is 419. The van der Waals surface area contributed by atoms with Crippen molar-refractivity contribution in [3.63, 3.8) is 0 Å². The molecule has 1 aliphatic heterocycles. The first-order chi connectivity index (χ1) is 9.69. The van der Waals surface area contributed by atoms with Crippen LogP contribution in [0.3, 0.4) is 0 Å². The summed E-state index contributed by atoms with van der Waals surface area (Å²) in [6, 6.07) is 5.29. The van der Waals surface area contributed by atoms with Gasteiger partial charge in [0.15, 0.2) is 0 Å². The van der Waals surface area contributed by atoms with E-state index in [0.717, 1.165) is 50.6 Å². The fraction of sp³-hybridized carbons (Fsp3) is 0.625. The van der Waals surface area contributed by atoms with Gasteiger partial charge in [-0.2, -0.15) is 0 Å². The lowest BCUT2D eigenvalue weighted by molar-refractivity contribution is 0.199. The molecule has 20 heavy (non-hydrogen) atoms. The monoisotopic (exact) mass is 296 g/mol. The highest BCUT2D eigenvalue weighted by Gasteiger charge is 2.17. The molecule has 4 heteroatoms. The van der Waals surface area contributed by atoms with Gasteiger partial charge in [0.25, 0.3) is 0 Å². The molecule has 1 saturated heterocycles. The number of phenolic OH excluding ortho intramolecular Hbond substituents is 1. The van der Waals surface area contributed by atoms with Gasteiger partial charge in [0.1, 0.15) is 5.75 Å². The standard InChI is InChI=1S/C16H25ClN2O/c1-2-8-19(11-13-4-3-7-18-10-13)12-14-9-15(17)5-6-16(14)20/h5-6,9,13,18,20H,2-4,7-8,10-12H2,1H3. The van der Waals surface area contributed by atoms with Gasteiger partial charge >= 0.3 is 0 Å². The summed E-state index contributed by atoms with van der Waals surface area (Å²) >= 11 is 6.03. The minimum Gasteiger partial charge on any atom is -0.508 e. The summed E-state index contributed by atoms with van der Waals surface area (Å²) in [6.45, 7) is 7.39. The summed E-state index contributed by atoms with van der Waals surface area (Å²) in [6.07, 6.45) is 3.70. The molecule has 1 fully saturated rings. The van der Waals surface area contributed by atoms with Gasteiger partial charge in [0.05, 0.1) is 0 Å². The molecule has 3 nitrogen and oxygen atoms in total. The maximum Gasteiger partial charge on any atom is 0.120 e. The van der Waals surface area contributed by atoms with Crippen LogP contribution in [0.1, 0.15) is 31.7 Å². The number of phenols is 1. The molecular weight excluding hydrogens is 272 g/mol. The van der Waals surface area contributed by atoms with Gasteiger partial charge in [-0.25, -0.2) is 0 Å². The van der Waals surface area contributed by atoms with Crippen LogP contribution in [0.2, 0.25) is 5.02 Å². The zero-order chi connectivity index (χ0) is 14.4. The number of piperidine rings is 1. The predicted octanol–water partition coefficient (Wildman–Crippen LogP) is 3.26. The Kier molecular flexibility index (Phi) is 6.14. The van der Waals surface area contributed by atoms with Crippen LogP contribution in [0, 0.1) is 5.92 Å². The summed E-state index contributed by atoms with van der Waals surface area (Å²) in [5, 5.41) is 14.1. The number of nitrogens with zero attached hydrogens (tertiary/aromatic N) is 1. The molecular formula is C16H25ClN2O. The first kappa shape index (κ1) is 15.6. The zero-order valence-corrected chi connectivity index (χ0v) is 13.0. The molecule has 0 aliphatic carbocycles. The quantitative estimate of drug-likeness (QED) is 0.846. The van der Waals surface area contributed by atoms with Gasteiger partial charge in [-0.05, 0) is 63.0 Å². The second kappa shape index (κ2) is 7.87. The van der Waals surface area contributed by atoms with Crippen LogP contribution >= 0.6 is 11.6 Å². The summed E-state index contributed by atoms with van der Waals surface area (Å²) in [5.74, 6) is 1.06. The van der Waals surface area contributed by atoms with Crippen LogP contribution in [0.15, 0.2) is 18.2 Å². The average molecular weight is 297 g/mol. The minimum atomic E-state index is 0.345. The van der Waals surface area contributed by atoms with E-state index in [1.165, 1.54) is 12.8 Å². The van der Waals surface area contributed by atoms with Crippen molar-refractivity contribution in [1.82, 2.24) is 10.2 Å². The van der Waals surface area contributed by atoms with E-state index < -0.39 is 0 Å². The third kappa shape index (κ3) is 4.65. The molecule has 0 bridgehead atoms. The Morgan fingerprint density at radius 3 is 3.00 bits per heavy atom. The maximum atomic E-state index is 9.96. The molecule has 1 aliphatic rings. The molecule has 2 N–H and O–H groups in total. The highest BCUT2D eigenvalue weighted by atomic mass is 35.5. The molecule has 1 atom stereocenters. The Hall–Kier alpha value is -0.770. The lowest BCUT2D eigenvalue weighted by atomic mass is 9.98. The minimum absolute atomic E-state index is 0.345. The number of halogens is 1. The number of hydrogen-bond donors (Lipinski definition) is 2. The Balaban J connectivity index is 1.98. The van der Waals surface area contributed by atoms with Crippen LogP contribution in [-0.2, 0) is 6.54 Å². The van der Waals surface area contributed by atoms with E-state index in [1.807, 2.05) is 6.07 Å². The van der Waals surface area contributed by atoms with Crippen LogP contribution in [0.5, 0.6) is 5.75 Å². The summed E-state index contributed by atoms with van der Waals surface area (Å²) in [4.78, 5) is 2.43. The van der Waals surface area contributed by atoms with E-state index >= 15 is 0 Å². The topological polar surface area (TPSA) is 35.5 Å². The van der Waals surface area contributed by atoms with Gasteiger partial charge in [0, 0.05) is 23.7 Å². The van der Waals surface area contributed by atoms with Gasteiger partial charge < -0.3 is 10.4 Å². The third-order valence-corrected chi connectivity index (χ3v) is 4.13. The third-order valence-electron chi connectivity index (χ3n) is 3.89. The predicted molar refractivity (Wildman–Crippen MR) is 84.3 cm³/mol. The van der Waals surface area contributed by atoms with Crippen LogP contribution in [-0.4, -0.2) is 36.2 Å². The van der Waals surface area contributed by atoms with E-state index in [-0.39, 0.29) is 0 Å². The molecule has 1 aromatic carbocycles. The zero-order valence-electron chi connectivity index (χ0n) is 12.2. The van der Waals surface area contributed by atoms with Gasteiger partial charge in [-0.3, -0.25) is 4.90 Å². The molecule has 0 aromatic heterocycles. The van der Waals surface area contributed by atoms with Gasteiger partial charge in [0.2, 0.25) is 0 Å². The maximum absolute atomic E-state index is 9.96. The molecule has 112 valence electrons. The SMILES string of the molecule is CCCN(Cc1cc(Cl)ccc1O)CC1CCCNC1. The van der Waals surface area contributed by atoms with Crippen molar-refractivity contribution in [2.45, 2.75) is 32.7 Å². The lowest BCUT2D eigenvalue weighted by Gasteiger charge is -2.30. The van der Waals surface area contributed by atoms with E-state index in [0.29, 0.717) is 10.8 Å². The number of aromatic hydroxyl groups is 1. The molecule has 0 amide bonds. The highest BCUT2D eigenvalue weighted by molar-refractivity contribution is 6.30. The number of nitrogens with one attached hydrogen (secondary N) is 1.